The fourth-order valence-corrected chi connectivity index (χ4v) is 3.70. The number of hydrogen-bond acceptors (Lipinski definition) is 5. The summed E-state index contributed by atoms with van der Waals surface area (Å²) in [5.74, 6) is 2.04. The van der Waals surface area contributed by atoms with E-state index < -0.39 is 0 Å². The maximum absolute atomic E-state index is 6.01. The molecule has 1 N–H and O–H groups in total. The van der Waals surface area contributed by atoms with Crippen molar-refractivity contribution in [2.24, 2.45) is 5.92 Å². The van der Waals surface area contributed by atoms with E-state index in [1.165, 1.54) is 11.1 Å². The van der Waals surface area contributed by atoms with Crippen molar-refractivity contribution < 1.29 is 9.47 Å². The fourth-order valence-electron chi connectivity index (χ4n) is 3.70. The molecule has 24 heavy (non-hydrogen) atoms. The lowest BCUT2D eigenvalue weighted by Crippen LogP contribution is -2.27. The van der Waals surface area contributed by atoms with Crippen LogP contribution in [0.5, 0.6) is 5.75 Å². The van der Waals surface area contributed by atoms with Gasteiger partial charge in [0.15, 0.2) is 0 Å². The molecule has 1 aromatic heterocycles. The van der Waals surface area contributed by atoms with E-state index in [9.17, 15) is 0 Å². The first-order valence-electron chi connectivity index (χ1n) is 9.06. The van der Waals surface area contributed by atoms with Crippen LogP contribution in [0.15, 0.2) is 24.5 Å². The number of nitrogens with zero attached hydrogens (tertiary/aromatic N) is 2. The maximum Gasteiger partial charge on any atom is 0.121 e. The number of nitrogens with one attached hydrogen (secondary N) is 1. The summed E-state index contributed by atoms with van der Waals surface area (Å²) in [7, 11) is 0. The molecule has 0 aliphatic carbocycles. The number of piperidine rings is 1. The lowest BCUT2D eigenvalue weighted by Gasteiger charge is -2.23. The Kier molecular flexibility index (Phi) is 4.90. The maximum atomic E-state index is 6.01. The van der Waals surface area contributed by atoms with E-state index >= 15 is 0 Å². The van der Waals surface area contributed by atoms with Crippen LogP contribution in [0.3, 0.4) is 0 Å². The number of aromatic nitrogens is 2. The van der Waals surface area contributed by atoms with Crippen LogP contribution in [0.25, 0.3) is 10.9 Å². The molecule has 2 fully saturated rings. The van der Waals surface area contributed by atoms with Crippen LogP contribution in [0, 0.1) is 5.92 Å². The highest BCUT2D eigenvalue weighted by atomic mass is 16.5. The van der Waals surface area contributed by atoms with Crippen molar-refractivity contribution in [3.05, 3.63) is 30.2 Å². The molecular formula is C19H25N3O2. The number of hydrogen-bond donors (Lipinski definition) is 1. The van der Waals surface area contributed by atoms with Crippen molar-refractivity contribution in [3.8, 4) is 5.75 Å². The monoisotopic (exact) mass is 327 g/mol. The number of ether oxygens (including phenoxy) is 2. The first-order valence-corrected chi connectivity index (χ1v) is 9.06. The zero-order valence-corrected chi connectivity index (χ0v) is 14.0. The molecule has 2 saturated heterocycles. The average Bonchev–Trinajstić information content (AvgIpc) is 2.67. The van der Waals surface area contributed by atoms with E-state index in [-0.39, 0.29) is 0 Å². The molecule has 0 saturated carbocycles. The quantitative estimate of drug-likeness (QED) is 0.936. The molecule has 5 nitrogen and oxygen atoms in total. The van der Waals surface area contributed by atoms with Crippen molar-refractivity contribution in [1.82, 2.24) is 15.3 Å². The molecule has 3 heterocycles. The highest BCUT2D eigenvalue weighted by Crippen LogP contribution is 2.30. The van der Waals surface area contributed by atoms with E-state index in [4.69, 9.17) is 9.47 Å². The Labute approximate surface area is 142 Å². The lowest BCUT2D eigenvalue weighted by atomic mass is 9.92. The molecule has 0 amide bonds. The van der Waals surface area contributed by atoms with Crippen molar-refractivity contribution >= 4 is 10.9 Å². The highest BCUT2D eigenvalue weighted by molar-refractivity contribution is 5.82. The van der Waals surface area contributed by atoms with Crippen molar-refractivity contribution in [3.63, 3.8) is 0 Å². The minimum atomic E-state index is 0.533. The molecule has 5 heteroatoms. The molecule has 128 valence electrons. The van der Waals surface area contributed by atoms with Gasteiger partial charge in [-0.25, -0.2) is 9.97 Å². The van der Waals surface area contributed by atoms with Gasteiger partial charge in [-0.3, -0.25) is 0 Å². The average molecular weight is 327 g/mol. The predicted octanol–water partition coefficient (Wildman–Crippen LogP) is 2.90. The van der Waals surface area contributed by atoms with Gasteiger partial charge in [-0.1, -0.05) is 0 Å². The van der Waals surface area contributed by atoms with Gasteiger partial charge in [-0.2, -0.15) is 0 Å². The van der Waals surface area contributed by atoms with E-state index in [0.29, 0.717) is 11.8 Å². The molecule has 0 atom stereocenters. The normalized spacial score (nSPS) is 20.3. The second-order valence-corrected chi connectivity index (χ2v) is 6.83. The van der Waals surface area contributed by atoms with Crippen LogP contribution in [-0.2, 0) is 4.74 Å². The van der Waals surface area contributed by atoms with Gasteiger partial charge in [0.1, 0.15) is 12.1 Å². The summed E-state index contributed by atoms with van der Waals surface area (Å²) in [5.41, 5.74) is 2.18. The molecule has 0 radical (unpaired) electrons. The highest BCUT2D eigenvalue weighted by Gasteiger charge is 2.19. The molecule has 4 rings (SSSR count). The molecule has 2 aliphatic heterocycles. The van der Waals surface area contributed by atoms with Gasteiger partial charge in [0.2, 0.25) is 0 Å². The topological polar surface area (TPSA) is 56.3 Å². The summed E-state index contributed by atoms with van der Waals surface area (Å²) in [6, 6.07) is 6.25. The van der Waals surface area contributed by atoms with Gasteiger partial charge in [0.05, 0.1) is 17.8 Å². The van der Waals surface area contributed by atoms with Crippen LogP contribution in [0.2, 0.25) is 0 Å². The Morgan fingerprint density at radius 3 is 2.75 bits per heavy atom. The molecule has 0 bridgehead atoms. The summed E-state index contributed by atoms with van der Waals surface area (Å²) < 4.78 is 11.4. The van der Waals surface area contributed by atoms with Crippen molar-refractivity contribution in [1.29, 1.82) is 0 Å². The Bertz CT molecular complexity index is 679. The van der Waals surface area contributed by atoms with E-state index in [1.54, 1.807) is 6.33 Å². The Balaban J connectivity index is 1.50. The van der Waals surface area contributed by atoms with Gasteiger partial charge in [-0.15, -0.1) is 0 Å². The molecule has 0 spiro atoms. The van der Waals surface area contributed by atoms with Crippen LogP contribution in [0.1, 0.15) is 37.3 Å². The molecule has 1 aromatic carbocycles. The summed E-state index contributed by atoms with van der Waals surface area (Å²) >= 11 is 0. The fraction of sp³-hybridized carbons (Fsp3) is 0.579. The predicted molar refractivity (Wildman–Crippen MR) is 93.4 cm³/mol. The second-order valence-electron chi connectivity index (χ2n) is 6.83. The zero-order chi connectivity index (χ0) is 16.2. The van der Waals surface area contributed by atoms with E-state index in [2.05, 4.69) is 33.5 Å². The van der Waals surface area contributed by atoms with E-state index in [1.807, 2.05) is 0 Å². The van der Waals surface area contributed by atoms with Crippen molar-refractivity contribution in [2.45, 2.75) is 31.6 Å². The third-order valence-electron chi connectivity index (χ3n) is 5.19. The molecule has 0 unspecified atom stereocenters. The molecular weight excluding hydrogens is 302 g/mol. The summed E-state index contributed by atoms with van der Waals surface area (Å²) in [5, 5.41) is 4.59. The Hall–Kier alpha value is -1.72. The third kappa shape index (κ3) is 3.52. The van der Waals surface area contributed by atoms with Gasteiger partial charge < -0.3 is 14.8 Å². The lowest BCUT2D eigenvalue weighted by molar-refractivity contribution is 0.0498. The van der Waals surface area contributed by atoms with E-state index in [0.717, 1.165) is 69.9 Å². The molecule has 2 aliphatic rings. The SMILES string of the molecule is c1nc(C2CCNCC2)c2ccc(OCC3CCOCC3)cc2n1. The number of fused-ring (bicyclic) bond motifs is 1. The van der Waals surface area contributed by atoms with Gasteiger partial charge in [0.25, 0.3) is 0 Å². The molecule has 2 aromatic rings. The summed E-state index contributed by atoms with van der Waals surface area (Å²) in [4.78, 5) is 9.05. The summed E-state index contributed by atoms with van der Waals surface area (Å²) in [6.07, 6.45) is 6.18. The van der Waals surface area contributed by atoms with Gasteiger partial charge >= 0.3 is 0 Å². The minimum absolute atomic E-state index is 0.533. The van der Waals surface area contributed by atoms with Crippen LogP contribution >= 0.6 is 0 Å². The van der Waals surface area contributed by atoms with Crippen LogP contribution in [0.4, 0.5) is 0 Å². The first-order chi connectivity index (χ1) is 11.9. The second kappa shape index (κ2) is 7.45. The van der Waals surface area contributed by atoms with Crippen LogP contribution in [-0.4, -0.2) is 42.9 Å². The minimum Gasteiger partial charge on any atom is -0.493 e. The number of benzene rings is 1. The van der Waals surface area contributed by atoms with Gasteiger partial charge in [0, 0.05) is 30.6 Å². The zero-order valence-electron chi connectivity index (χ0n) is 14.0. The van der Waals surface area contributed by atoms with Crippen LogP contribution < -0.4 is 10.1 Å². The summed E-state index contributed by atoms with van der Waals surface area (Å²) in [6.45, 7) is 4.63. The smallest absolute Gasteiger partial charge is 0.121 e. The Morgan fingerprint density at radius 1 is 1.08 bits per heavy atom. The number of rotatable bonds is 4. The largest absolute Gasteiger partial charge is 0.493 e. The van der Waals surface area contributed by atoms with Crippen molar-refractivity contribution in [2.75, 3.05) is 32.9 Å². The standard InChI is InChI=1S/C19H25N3O2/c1-2-17-18(11-16(1)24-12-14-5-9-23-10-6-14)21-13-22-19(17)15-3-7-20-8-4-15/h1-2,11,13-15,20H,3-10,12H2. The third-order valence-corrected chi connectivity index (χ3v) is 5.19. The first kappa shape index (κ1) is 15.8. The van der Waals surface area contributed by atoms with Gasteiger partial charge in [-0.05, 0) is 56.8 Å². The Morgan fingerprint density at radius 2 is 1.92 bits per heavy atom.